The van der Waals surface area contributed by atoms with Gasteiger partial charge >= 0.3 is 0 Å². The van der Waals surface area contributed by atoms with Crippen molar-refractivity contribution in [2.45, 2.75) is 45.6 Å². The van der Waals surface area contributed by atoms with E-state index >= 15 is 0 Å². The zero-order valence-electron chi connectivity index (χ0n) is 14.6. The van der Waals surface area contributed by atoms with Crippen molar-refractivity contribution >= 4 is 35.8 Å². The van der Waals surface area contributed by atoms with Gasteiger partial charge in [-0.15, -0.1) is 24.0 Å². The van der Waals surface area contributed by atoms with Crippen LogP contribution in [-0.2, 0) is 6.54 Å². The molecule has 0 radical (unpaired) electrons. The third-order valence-electron chi connectivity index (χ3n) is 4.97. The molecule has 0 unspecified atom stereocenters. The second-order valence-electron chi connectivity index (χ2n) is 6.40. The van der Waals surface area contributed by atoms with Crippen LogP contribution in [0.3, 0.4) is 0 Å². The number of halogens is 1. The van der Waals surface area contributed by atoms with Gasteiger partial charge in [-0.3, -0.25) is 9.79 Å². The summed E-state index contributed by atoms with van der Waals surface area (Å²) in [7, 11) is 1.79. The lowest BCUT2D eigenvalue weighted by Crippen LogP contribution is -2.42. The first-order chi connectivity index (χ1) is 11.1. The van der Waals surface area contributed by atoms with Crippen molar-refractivity contribution < 1.29 is 4.79 Å². The first-order valence-electron chi connectivity index (χ1n) is 8.42. The molecule has 4 N–H and O–H groups in total. The smallest absolute Gasteiger partial charge is 0.248 e. The number of primary amides is 1. The molecule has 1 aliphatic carbocycles. The number of guanidine groups is 1. The number of hydrogen-bond donors (Lipinski definition) is 3. The Morgan fingerprint density at radius 2 is 1.83 bits per heavy atom. The number of amides is 1. The third-order valence-corrected chi connectivity index (χ3v) is 4.97. The Labute approximate surface area is 161 Å². The van der Waals surface area contributed by atoms with Crippen LogP contribution < -0.4 is 16.4 Å². The van der Waals surface area contributed by atoms with Gasteiger partial charge < -0.3 is 16.4 Å². The summed E-state index contributed by atoms with van der Waals surface area (Å²) in [6.07, 6.45) is 6.51. The number of rotatable bonds is 6. The first kappa shape index (κ1) is 20.7. The number of carbonyl (C=O) groups excluding carboxylic acids is 1. The van der Waals surface area contributed by atoms with E-state index in [1.165, 1.54) is 32.1 Å². The van der Waals surface area contributed by atoms with Crippen LogP contribution in [0.4, 0.5) is 0 Å². The molecule has 1 amide bonds. The van der Waals surface area contributed by atoms with Gasteiger partial charge in [-0.05, 0) is 42.4 Å². The van der Waals surface area contributed by atoms with Crippen molar-refractivity contribution in [3.63, 3.8) is 0 Å². The number of hydrogen-bond acceptors (Lipinski definition) is 2. The summed E-state index contributed by atoms with van der Waals surface area (Å²) in [6, 6.07) is 7.32. The van der Waals surface area contributed by atoms with Gasteiger partial charge in [0, 0.05) is 25.7 Å². The fourth-order valence-corrected chi connectivity index (χ4v) is 3.24. The fourth-order valence-electron chi connectivity index (χ4n) is 3.24. The van der Waals surface area contributed by atoms with Gasteiger partial charge in [0.15, 0.2) is 5.96 Å². The van der Waals surface area contributed by atoms with Gasteiger partial charge in [0.2, 0.25) is 5.91 Å². The Hall–Kier alpha value is -1.31. The monoisotopic (exact) mass is 444 g/mol. The topological polar surface area (TPSA) is 79.5 Å². The minimum atomic E-state index is -0.400. The summed E-state index contributed by atoms with van der Waals surface area (Å²) in [6.45, 7) is 3.92. The van der Waals surface area contributed by atoms with E-state index in [9.17, 15) is 4.79 Å². The molecular weight excluding hydrogens is 415 g/mol. The highest BCUT2D eigenvalue weighted by Crippen LogP contribution is 2.40. The zero-order valence-corrected chi connectivity index (χ0v) is 16.9. The van der Waals surface area contributed by atoms with Crippen LogP contribution in [0.5, 0.6) is 0 Å². The molecule has 1 fully saturated rings. The molecule has 0 spiro atoms. The first-order valence-corrected chi connectivity index (χ1v) is 8.42. The highest BCUT2D eigenvalue weighted by molar-refractivity contribution is 14.0. The van der Waals surface area contributed by atoms with E-state index in [1.54, 1.807) is 19.2 Å². The number of nitrogens with zero attached hydrogens (tertiary/aromatic N) is 1. The Kier molecular flexibility index (Phi) is 8.52. The van der Waals surface area contributed by atoms with Crippen LogP contribution in [0, 0.1) is 5.41 Å². The molecule has 1 aliphatic rings. The standard InChI is InChI=1S/C18H28N4O.HI/c1-3-18(10-4-5-11-18)13-22-17(20-2)21-12-14-6-8-15(9-7-14)16(19)23;/h6-9H,3-5,10-13H2,1-2H3,(H2,19,23)(H2,20,21,22);1H. The lowest BCUT2D eigenvalue weighted by Gasteiger charge is -2.28. The average molecular weight is 444 g/mol. The summed E-state index contributed by atoms with van der Waals surface area (Å²) < 4.78 is 0. The second-order valence-corrected chi connectivity index (χ2v) is 6.40. The van der Waals surface area contributed by atoms with Crippen molar-refractivity contribution in [2.75, 3.05) is 13.6 Å². The van der Waals surface area contributed by atoms with Gasteiger partial charge in [0.05, 0.1) is 0 Å². The molecule has 134 valence electrons. The lowest BCUT2D eigenvalue weighted by molar-refractivity contribution is 0.100. The largest absolute Gasteiger partial charge is 0.366 e. The van der Waals surface area contributed by atoms with Crippen molar-refractivity contribution in [3.8, 4) is 0 Å². The van der Waals surface area contributed by atoms with Crippen molar-refractivity contribution in [1.82, 2.24) is 10.6 Å². The number of benzene rings is 1. The maximum absolute atomic E-state index is 11.1. The van der Waals surface area contributed by atoms with Gasteiger partial charge in [-0.1, -0.05) is 31.9 Å². The molecule has 0 aromatic heterocycles. The van der Waals surface area contributed by atoms with Crippen LogP contribution >= 0.6 is 24.0 Å². The lowest BCUT2D eigenvalue weighted by atomic mass is 9.83. The molecule has 0 atom stereocenters. The summed E-state index contributed by atoms with van der Waals surface area (Å²) in [5, 5.41) is 6.79. The van der Waals surface area contributed by atoms with Crippen LogP contribution in [0.2, 0.25) is 0 Å². The van der Waals surface area contributed by atoms with Crippen molar-refractivity contribution in [1.29, 1.82) is 0 Å². The summed E-state index contributed by atoms with van der Waals surface area (Å²) in [5.41, 5.74) is 7.30. The Balaban J connectivity index is 0.00000288. The Morgan fingerprint density at radius 1 is 1.21 bits per heavy atom. The van der Waals surface area contributed by atoms with E-state index in [0.717, 1.165) is 18.1 Å². The molecule has 0 bridgehead atoms. The van der Waals surface area contributed by atoms with E-state index in [2.05, 4.69) is 22.5 Å². The third kappa shape index (κ3) is 5.65. The van der Waals surface area contributed by atoms with Gasteiger partial charge in [0.1, 0.15) is 0 Å². The molecule has 0 aliphatic heterocycles. The summed E-state index contributed by atoms with van der Waals surface area (Å²) in [5.74, 6) is 0.423. The molecular formula is C18H29IN4O. The van der Waals surface area contributed by atoms with Crippen LogP contribution in [0.25, 0.3) is 0 Å². The zero-order chi connectivity index (χ0) is 16.7. The predicted molar refractivity (Wildman–Crippen MR) is 110 cm³/mol. The molecule has 0 saturated heterocycles. The van der Waals surface area contributed by atoms with E-state index in [4.69, 9.17) is 5.73 Å². The van der Waals surface area contributed by atoms with Crippen molar-refractivity contribution in [2.24, 2.45) is 16.1 Å². The minimum absolute atomic E-state index is 0. The van der Waals surface area contributed by atoms with E-state index in [1.807, 2.05) is 12.1 Å². The van der Waals surface area contributed by atoms with Gasteiger partial charge in [-0.2, -0.15) is 0 Å². The number of aliphatic imine (C=N–C) groups is 1. The Morgan fingerprint density at radius 3 is 2.33 bits per heavy atom. The minimum Gasteiger partial charge on any atom is -0.366 e. The van der Waals surface area contributed by atoms with Crippen LogP contribution in [0.1, 0.15) is 54.9 Å². The number of nitrogens with one attached hydrogen (secondary N) is 2. The van der Waals surface area contributed by atoms with E-state index in [-0.39, 0.29) is 24.0 Å². The number of carbonyl (C=O) groups is 1. The fraction of sp³-hybridized carbons (Fsp3) is 0.556. The van der Waals surface area contributed by atoms with Crippen molar-refractivity contribution in [3.05, 3.63) is 35.4 Å². The molecule has 1 aromatic rings. The molecule has 0 heterocycles. The highest BCUT2D eigenvalue weighted by Gasteiger charge is 2.31. The average Bonchev–Trinajstić information content (AvgIpc) is 3.05. The number of nitrogens with two attached hydrogens (primary N) is 1. The summed E-state index contributed by atoms with van der Waals surface area (Å²) >= 11 is 0. The van der Waals surface area contributed by atoms with E-state index in [0.29, 0.717) is 17.5 Å². The maximum Gasteiger partial charge on any atom is 0.248 e. The maximum atomic E-state index is 11.1. The SMILES string of the molecule is CCC1(CNC(=NC)NCc2ccc(C(N)=O)cc2)CCCC1.I. The van der Waals surface area contributed by atoms with Gasteiger partial charge in [0.25, 0.3) is 0 Å². The molecule has 6 heteroatoms. The molecule has 24 heavy (non-hydrogen) atoms. The predicted octanol–water partition coefficient (Wildman–Crippen LogP) is 3.04. The normalized spacial score (nSPS) is 16.3. The molecule has 1 aromatic carbocycles. The van der Waals surface area contributed by atoms with Gasteiger partial charge in [-0.25, -0.2) is 0 Å². The van der Waals surface area contributed by atoms with E-state index < -0.39 is 5.91 Å². The quantitative estimate of drug-likeness (QED) is 0.359. The summed E-state index contributed by atoms with van der Waals surface area (Å²) in [4.78, 5) is 15.4. The Bertz CT molecular complexity index is 551. The molecule has 2 rings (SSSR count). The van der Waals surface area contributed by atoms with Crippen LogP contribution in [-0.4, -0.2) is 25.5 Å². The molecule has 1 saturated carbocycles. The highest BCUT2D eigenvalue weighted by atomic mass is 127. The van der Waals surface area contributed by atoms with Crippen LogP contribution in [0.15, 0.2) is 29.3 Å². The molecule has 5 nitrogen and oxygen atoms in total. The second kappa shape index (κ2) is 9.86.